The molecule has 3 amide bonds. The monoisotopic (exact) mass is 273 g/mol. The van der Waals surface area contributed by atoms with Crippen molar-refractivity contribution in [2.24, 2.45) is 5.18 Å². The van der Waals surface area contributed by atoms with Crippen LogP contribution in [0.5, 0.6) is 0 Å². The summed E-state index contributed by atoms with van der Waals surface area (Å²) in [7, 11) is 0. The maximum Gasteiger partial charge on any atom is 0.257 e. The third-order valence-electron chi connectivity index (χ3n) is 3.63. The van der Waals surface area contributed by atoms with Crippen LogP contribution in [0.1, 0.15) is 28.8 Å². The van der Waals surface area contributed by atoms with Crippen LogP contribution in [-0.4, -0.2) is 28.7 Å². The Bertz CT molecular complexity index is 641. The second kappa shape index (κ2) is 4.52. The normalized spacial score (nSPS) is 21.7. The number of amides is 3. The zero-order valence-corrected chi connectivity index (χ0v) is 10.5. The van der Waals surface area contributed by atoms with Gasteiger partial charge < -0.3 is 4.90 Å². The van der Waals surface area contributed by atoms with Crippen molar-refractivity contribution in [3.05, 3.63) is 34.2 Å². The lowest BCUT2D eigenvalue weighted by Gasteiger charge is -2.29. The van der Waals surface area contributed by atoms with Gasteiger partial charge in [0.05, 0.1) is 5.56 Å². The maximum atomic E-state index is 12.4. The van der Waals surface area contributed by atoms with Crippen LogP contribution in [0.25, 0.3) is 0 Å². The summed E-state index contributed by atoms with van der Waals surface area (Å²) < 4.78 is 0. The summed E-state index contributed by atoms with van der Waals surface area (Å²) in [5.74, 6) is -1.18. The first-order chi connectivity index (χ1) is 9.61. The molecule has 1 fully saturated rings. The number of hydrogen-bond donors (Lipinski definition) is 1. The van der Waals surface area contributed by atoms with Gasteiger partial charge in [-0.1, -0.05) is 12.1 Å². The highest BCUT2D eigenvalue weighted by Crippen LogP contribution is 2.33. The first-order valence-corrected chi connectivity index (χ1v) is 6.21. The highest BCUT2D eigenvalue weighted by atomic mass is 16.3. The van der Waals surface area contributed by atoms with Gasteiger partial charge in [-0.05, 0) is 23.2 Å². The second-order valence-electron chi connectivity index (χ2n) is 4.80. The number of carbonyl (C=O) groups excluding carboxylic acids is 3. The zero-order valence-electron chi connectivity index (χ0n) is 10.5. The van der Waals surface area contributed by atoms with Crippen molar-refractivity contribution in [3.8, 4) is 0 Å². The predicted molar refractivity (Wildman–Crippen MR) is 67.9 cm³/mol. The molecule has 0 bridgehead atoms. The highest BCUT2D eigenvalue weighted by Gasteiger charge is 2.40. The molecule has 0 radical (unpaired) electrons. The van der Waals surface area contributed by atoms with E-state index in [4.69, 9.17) is 0 Å². The van der Waals surface area contributed by atoms with Gasteiger partial charge in [0.1, 0.15) is 11.7 Å². The minimum absolute atomic E-state index is 0.0855. The van der Waals surface area contributed by atoms with Crippen LogP contribution in [0, 0.1) is 4.91 Å². The molecule has 2 heterocycles. The van der Waals surface area contributed by atoms with E-state index in [-0.39, 0.29) is 36.0 Å². The second-order valence-corrected chi connectivity index (χ2v) is 4.80. The largest absolute Gasteiger partial charge is 0.322 e. The van der Waals surface area contributed by atoms with Crippen LogP contribution in [0.15, 0.2) is 23.4 Å². The average Bonchev–Trinajstić information content (AvgIpc) is 2.76. The fourth-order valence-electron chi connectivity index (χ4n) is 2.67. The lowest BCUT2D eigenvalue weighted by atomic mass is 10.0. The van der Waals surface area contributed by atoms with Gasteiger partial charge in [0, 0.05) is 13.0 Å². The topological polar surface area (TPSA) is 95.9 Å². The maximum absolute atomic E-state index is 12.4. The first-order valence-electron chi connectivity index (χ1n) is 6.21. The molecule has 0 spiro atoms. The molecule has 0 saturated carbocycles. The molecule has 1 unspecified atom stereocenters. The number of nitroso groups, excluding NO2 is 1. The zero-order chi connectivity index (χ0) is 14.3. The Morgan fingerprint density at radius 1 is 1.25 bits per heavy atom. The fourth-order valence-corrected chi connectivity index (χ4v) is 2.67. The van der Waals surface area contributed by atoms with Crippen LogP contribution in [-0.2, 0) is 16.1 Å². The highest BCUT2D eigenvalue weighted by molar-refractivity contribution is 6.07. The summed E-state index contributed by atoms with van der Waals surface area (Å²) in [6.45, 7) is 0.254. The molecular weight excluding hydrogens is 262 g/mol. The Hall–Kier alpha value is -2.57. The van der Waals surface area contributed by atoms with E-state index in [1.165, 1.54) is 11.0 Å². The molecule has 20 heavy (non-hydrogen) atoms. The number of carbonyl (C=O) groups is 3. The molecule has 1 N–H and O–H groups in total. The molecule has 1 atom stereocenters. The van der Waals surface area contributed by atoms with Crippen molar-refractivity contribution >= 4 is 23.4 Å². The van der Waals surface area contributed by atoms with E-state index < -0.39 is 11.9 Å². The lowest BCUT2D eigenvalue weighted by molar-refractivity contribution is -0.136. The van der Waals surface area contributed by atoms with Gasteiger partial charge in [-0.3, -0.25) is 19.7 Å². The lowest BCUT2D eigenvalue weighted by Crippen LogP contribution is -2.52. The molecule has 1 aromatic carbocycles. The first kappa shape index (κ1) is 12.5. The predicted octanol–water partition coefficient (Wildman–Crippen LogP) is 0.845. The molecule has 7 nitrogen and oxygen atoms in total. The van der Waals surface area contributed by atoms with Crippen molar-refractivity contribution in [1.82, 2.24) is 10.2 Å². The van der Waals surface area contributed by atoms with E-state index >= 15 is 0 Å². The molecule has 7 heteroatoms. The number of rotatable bonds is 2. The van der Waals surface area contributed by atoms with E-state index in [0.29, 0.717) is 12.0 Å². The van der Waals surface area contributed by atoms with Gasteiger partial charge in [-0.15, -0.1) is 4.91 Å². The number of benzene rings is 1. The third kappa shape index (κ3) is 1.78. The Labute approximate surface area is 113 Å². The number of hydrogen-bond acceptors (Lipinski definition) is 5. The minimum atomic E-state index is -0.674. The third-order valence-corrected chi connectivity index (χ3v) is 3.63. The van der Waals surface area contributed by atoms with E-state index in [1.54, 1.807) is 12.1 Å². The quantitative estimate of drug-likeness (QED) is 0.638. The summed E-state index contributed by atoms with van der Waals surface area (Å²) in [6.07, 6.45) is 0.504. The van der Waals surface area contributed by atoms with Crippen molar-refractivity contribution in [2.45, 2.75) is 25.4 Å². The Morgan fingerprint density at radius 3 is 2.75 bits per heavy atom. The van der Waals surface area contributed by atoms with Crippen molar-refractivity contribution < 1.29 is 14.4 Å². The van der Waals surface area contributed by atoms with Gasteiger partial charge in [0.25, 0.3) is 5.91 Å². The van der Waals surface area contributed by atoms with Gasteiger partial charge in [0.2, 0.25) is 11.8 Å². The standard InChI is InChI=1S/C13H11N3O4/c17-10-5-4-9(12(18)14-10)16-6-7-2-1-3-8(15-20)11(7)13(16)19/h1-3,9H,4-6H2,(H,14,17,18). The molecule has 1 aromatic rings. The summed E-state index contributed by atoms with van der Waals surface area (Å²) in [6, 6.07) is 4.18. The van der Waals surface area contributed by atoms with Crippen LogP contribution < -0.4 is 5.32 Å². The molecule has 102 valence electrons. The Kier molecular flexibility index (Phi) is 2.81. The average molecular weight is 273 g/mol. The molecular formula is C13H11N3O4. The molecule has 2 aliphatic rings. The number of nitrogens with zero attached hydrogens (tertiary/aromatic N) is 2. The summed E-state index contributed by atoms with van der Waals surface area (Å²) in [5.41, 5.74) is 1.02. The SMILES string of the molecule is O=Nc1cccc2c1C(=O)N(C1CCC(=O)NC1=O)C2. The summed E-state index contributed by atoms with van der Waals surface area (Å²) in [5, 5.41) is 5.08. The van der Waals surface area contributed by atoms with Gasteiger partial charge in [0.15, 0.2) is 0 Å². The number of imide groups is 1. The molecule has 0 aromatic heterocycles. The van der Waals surface area contributed by atoms with Crippen LogP contribution in [0.4, 0.5) is 5.69 Å². The summed E-state index contributed by atoms with van der Waals surface area (Å²) in [4.78, 5) is 47.5. The fraction of sp³-hybridized carbons (Fsp3) is 0.308. The molecule has 1 saturated heterocycles. The summed E-state index contributed by atoms with van der Waals surface area (Å²) >= 11 is 0. The van der Waals surface area contributed by atoms with E-state index in [9.17, 15) is 19.3 Å². The van der Waals surface area contributed by atoms with E-state index in [0.717, 1.165) is 0 Å². The molecule has 3 rings (SSSR count). The number of piperidine rings is 1. The van der Waals surface area contributed by atoms with Crippen LogP contribution in [0.3, 0.4) is 0 Å². The minimum Gasteiger partial charge on any atom is -0.322 e. The number of fused-ring (bicyclic) bond motifs is 1. The van der Waals surface area contributed by atoms with Crippen LogP contribution >= 0.6 is 0 Å². The number of nitrogens with one attached hydrogen (secondary N) is 1. The van der Waals surface area contributed by atoms with Crippen molar-refractivity contribution in [3.63, 3.8) is 0 Å². The Balaban J connectivity index is 1.92. The smallest absolute Gasteiger partial charge is 0.257 e. The van der Waals surface area contributed by atoms with E-state index in [2.05, 4.69) is 10.5 Å². The van der Waals surface area contributed by atoms with E-state index in [1.807, 2.05) is 0 Å². The van der Waals surface area contributed by atoms with Gasteiger partial charge >= 0.3 is 0 Å². The molecule has 2 aliphatic heterocycles. The van der Waals surface area contributed by atoms with Crippen molar-refractivity contribution in [2.75, 3.05) is 0 Å². The van der Waals surface area contributed by atoms with Crippen LogP contribution in [0.2, 0.25) is 0 Å². The van der Waals surface area contributed by atoms with Crippen molar-refractivity contribution in [1.29, 1.82) is 0 Å². The molecule has 0 aliphatic carbocycles. The van der Waals surface area contributed by atoms with Gasteiger partial charge in [-0.25, -0.2) is 0 Å². The van der Waals surface area contributed by atoms with Gasteiger partial charge in [-0.2, -0.15) is 0 Å². The Morgan fingerprint density at radius 2 is 2.05 bits per heavy atom.